The fraction of sp³-hybridized carbons (Fsp3) is 0.562. The third kappa shape index (κ3) is 3.80. The Morgan fingerprint density at radius 2 is 1.58 bits per heavy atom. The van der Waals surface area contributed by atoms with Crippen molar-refractivity contribution in [3.05, 3.63) is 29.8 Å². The predicted molar refractivity (Wildman–Crippen MR) is 81.3 cm³/mol. The Balaban J connectivity index is 2.82. The molecular formula is C16H26N2O. The molecule has 0 aliphatic heterocycles. The van der Waals surface area contributed by atoms with E-state index in [4.69, 9.17) is 5.73 Å². The van der Waals surface area contributed by atoms with Gasteiger partial charge in [-0.25, -0.2) is 0 Å². The normalized spacial score (nSPS) is 12.3. The molecule has 3 nitrogen and oxygen atoms in total. The van der Waals surface area contributed by atoms with E-state index in [9.17, 15) is 4.79 Å². The lowest BCUT2D eigenvalue weighted by molar-refractivity contribution is -0.121. The first-order valence-corrected chi connectivity index (χ1v) is 6.94. The minimum atomic E-state index is -0.775. The number of anilines is 1. The van der Waals surface area contributed by atoms with Crippen LogP contribution in [0.1, 0.15) is 53.0 Å². The SMILES string of the molecule is CCC(N)(CC)C(=O)Nc1ccc(C(C)(C)C)cc1. The van der Waals surface area contributed by atoms with Crippen molar-refractivity contribution in [3.63, 3.8) is 0 Å². The second kappa shape index (κ2) is 5.74. The van der Waals surface area contributed by atoms with Crippen molar-refractivity contribution in [2.75, 3.05) is 5.32 Å². The molecule has 0 heterocycles. The number of rotatable bonds is 4. The van der Waals surface area contributed by atoms with Crippen LogP contribution in [0.3, 0.4) is 0 Å². The van der Waals surface area contributed by atoms with Gasteiger partial charge in [-0.1, -0.05) is 46.8 Å². The maximum Gasteiger partial charge on any atom is 0.244 e. The third-order valence-corrected chi connectivity index (χ3v) is 3.72. The zero-order valence-corrected chi connectivity index (χ0v) is 12.7. The van der Waals surface area contributed by atoms with Crippen molar-refractivity contribution in [2.45, 2.75) is 58.4 Å². The molecule has 3 heteroatoms. The first kappa shape index (κ1) is 15.7. The number of benzene rings is 1. The largest absolute Gasteiger partial charge is 0.324 e. The van der Waals surface area contributed by atoms with Gasteiger partial charge >= 0.3 is 0 Å². The van der Waals surface area contributed by atoms with Crippen molar-refractivity contribution in [1.82, 2.24) is 0 Å². The van der Waals surface area contributed by atoms with Gasteiger partial charge in [0.05, 0.1) is 5.54 Å². The van der Waals surface area contributed by atoms with E-state index in [0.717, 1.165) is 5.69 Å². The van der Waals surface area contributed by atoms with E-state index in [2.05, 4.69) is 26.1 Å². The summed E-state index contributed by atoms with van der Waals surface area (Å²) in [7, 11) is 0. The van der Waals surface area contributed by atoms with Crippen LogP contribution < -0.4 is 11.1 Å². The fourth-order valence-electron chi connectivity index (χ4n) is 1.88. The van der Waals surface area contributed by atoms with E-state index in [1.807, 2.05) is 38.1 Å². The number of amides is 1. The average Bonchev–Trinajstić information content (AvgIpc) is 2.37. The first-order chi connectivity index (χ1) is 8.73. The van der Waals surface area contributed by atoms with Gasteiger partial charge in [-0.2, -0.15) is 0 Å². The van der Waals surface area contributed by atoms with Crippen LogP contribution in [-0.2, 0) is 10.2 Å². The van der Waals surface area contributed by atoms with Crippen molar-refractivity contribution in [2.24, 2.45) is 5.73 Å². The summed E-state index contributed by atoms with van der Waals surface area (Å²) in [6.07, 6.45) is 1.27. The van der Waals surface area contributed by atoms with Gasteiger partial charge in [-0.05, 0) is 36.0 Å². The first-order valence-electron chi connectivity index (χ1n) is 6.94. The highest BCUT2D eigenvalue weighted by atomic mass is 16.2. The Kier molecular flexibility index (Phi) is 4.75. The second-order valence-electron chi connectivity index (χ2n) is 6.14. The van der Waals surface area contributed by atoms with Crippen molar-refractivity contribution in [3.8, 4) is 0 Å². The Labute approximate surface area is 116 Å². The molecule has 1 amide bonds. The maximum atomic E-state index is 12.1. The fourth-order valence-corrected chi connectivity index (χ4v) is 1.88. The molecule has 0 bridgehead atoms. The third-order valence-electron chi connectivity index (χ3n) is 3.72. The van der Waals surface area contributed by atoms with Crippen molar-refractivity contribution in [1.29, 1.82) is 0 Å². The molecule has 0 saturated carbocycles. The van der Waals surface area contributed by atoms with Crippen LogP contribution in [-0.4, -0.2) is 11.4 Å². The molecular weight excluding hydrogens is 236 g/mol. The molecule has 0 spiro atoms. The zero-order valence-electron chi connectivity index (χ0n) is 12.7. The van der Waals surface area contributed by atoms with Crippen LogP contribution in [0.4, 0.5) is 5.69 Å². The molecule has 0 aliphatic carbocycles. The number of nitrogens with two attached hydrogens (primary N) is 1. The molecule has 0 atom stereocenters. The van der Waals surface area contributed by atoms with Crippen LogP contribution in [0.5, 0.6) is 0 Å². The summed E-state index contributed by atoms with van der Waals surface area (Å²) in [6.45, 7) is 10.4. The second-order valence-corrected chi connectivity index (χ2v) is 6.14. The Hall–Kier alpha value is -1.35. The quantitative estimate of drug-likeness (QED) is 0.873. The van der Waals surface area contributed by atoms with Gasteiger partial charge in [0.15, 0.2) is 0 Å². The highest BCUT2D eigenvalue weighted by Crippen LogP contribution is 2.24. The smallest absolute Gasteiger partial charge is 0.244 e. The lowest BCUT2D eigenvalue weighted by Gasteiger charge is -2.25. The minimum absolute atomic E-state index is 0.110. The van der Waals surface area contributed by atoms with Gasteiger partial charge in [-0.15, -0.1) is 0 Å². The van der Waals surface area contributed by atoms with Crippen LogP contribution >= 0.6 is 0 Å². The van der Waals surface area contributed by atoms with Gasteiger partial charge in [0.25, 0.3) is 0 Å². The summed E-state index contributed by atoms with van der Waals surface area (Å²) < 4.78 is 0. The molecule has 0 aliphatic rings. The summed E-state index contributed by atoms with van der Waals surface area (Å²) in [6, 6.07) is 7.96. The molecule has 106 valence electrons. The standard InChI is InChI=1S/C16H26N2O/c1-6-16(17,7-2)14(19)18-13-10-8-12(9-11-13)15(3,4)5/h8-11H,6-7,17H2,1-5H3,(H,18,19). The molecule has 0 unspecified atom stereocenters. The van der Waals surface area contributed by atoms with E-state index in [-0.39, 0.29) is 11.3 Å². The van der Waals surface area contributed by atoms with Crippen molar-refractivity contribution >= 4 is 11.6 Å². The molecule has 1 rings (SSSR count). The highest BCUT2D eigenvalue weighted by molar-refractivity contribution is 5.97. The van der Waals surface area contributed by atoms with E-state index < -0.39 is 5.54 Å². The van der Waals surface area contributed by atoms with Crippen LogP contribution in [0.2, 0.25) is 0 Å². The number of hydrogen-bond donors (Lipinski definition) is 2. The van der Waals surface area contributed by atoms with Crippen molar-refractivity contribution < 1.29 is 4.79 Å². The van der Waals surface area contributed by atoms with E-state index in [1.54, 1.807) is 0 Å². The van der Waals surface area contributed by atoms with E-state index in [0.29, 0.717) is 12.8 Å². The van der Waals surface area contributed by atoms with Gasteiger partial charge in [0.1, 0.15) is 0 Å². The van der Waals surface area contributed by atoms with Gasteiger partial charge < -0.3 is 11.1 Å². The zero-order chi connectivity index (χ0) is 14.7. The number of nitrogens with one attached hydrogen (secondary N) is 1. The topological polar surface area (TPSA) is 55.1 Å². The van der Waals surface area contributed by atoms with Crippen LogP contribution in [0.15, 0.2) is 24.3 Å². The molecule has 1 aromatic carbocycles. The number of hydrogen-bond acceptors (Lipinski definition) is 2. The lowest BCUT2D eigenvalue weighted by atomic mass is 9.87. The Morgan fingerprint density at radius 1 is 1.11 bits per heavy atom. The molecule has 19 heavy (non-hydrogen) atoms. The molecule has 1 aromatic rings. The van der Waals surface area contributed by atoms with E-state index >= 15 is 0 Å². The predicted octanol–water partition coefficient (Wildman–Crippen LogP) is 3.44. The monoisotopic (exact) mass is 262 g/mol. The summed E-state index contributed by atoms with van der Waals surface area (Å²) in [5.41, 5.74) is 7.46. The molecule has 3 N–H and O–H groups in total. The Bertz CT molecular complexity index is 425. The molecule has 0 fully saturated rings. The average molecular weight is 262 g/mol. The summed E-state index contributed by atoms with van der Waals surface area (Å²) in [5.74, 6) is -0.110. The van der Waals surface area contributed by atoms with E-state index in [1.165, 1.54) is 5.56 Å². The van der Waals surface area contributed by atoms with Crippen LogP contribution in [0, 0.1) is 0 Å². The molecule has 0 saturated heterocycles. The Morgan fingerprint density at radius 3 is 1.95 bits per heavy atom. The van der Waals surface area contributed by atoms with Gasteiger partial charge in [0, 0.05) is 5.69 Å². The van der Waals surface area contributed by atoms with Gasteiger partial charge in [-0.3, -0.25) is 4.79 Å². The summed E-state index contributed by atoms with van der Waals surface area (Å²) in [4.78, 5) is 12.1. The minimum Gasteiger partial charge on any atom is -0.324 e. The van der Waals surface area contributed by atoms with Crippen LogP contribution in [0.25, 0.3) is 0 Å². The van der Waals surface area contributed by atoms with Gasteiger partial charge in [0.2, 0.25) is 5.91 Å². The summed E-state index contributed by atoms with van der Waals surface area (Å²) in [5, 5.41) is 2.90. The molecule has 0 radical (unpaired) electrons. The summed E-state index contributed by atoms with van der Waals surface area (Å²) >= 11 is 0. The highest BCUT2D eigenvalue weighted by Gasteiger charge is 2.29. The number of carbonyl (C=O) groups is 1. The molecule has 0 aromatic heterocycles. The number of carbonyl (C=O) groups excluding carboxylic acids is 1. The maximum absolute atomic E-state index is 12.1. The lowest BCUT2D eigenvalue weighted by Crippen LogP contribution is -2.50.